The molecule has 7 heteroatoms. The molecular formula is C25H30N2O5. The molecule has 0 saturated carbocycles. The number of methoxy groups -OCH3 is 1. The van der Waals surface area contributed by atoms with Crippen molar-refractivity contribution in [2.24, 2.45) is 0 Å². The smallest absolute Gasteiger partial charge is 0.278 e. The Kier molecular flexibility index (Phi) is 7.89. The third kappa shape index (κ3) is 5.29. The molecule has 0 radical (unpaired) electrons. The van der Waals surface area contributed by atoms with Crippen LogP contribution in [0.1, 0.15) is 32.8 Å². The number of rotatable bonds is 11. The van der Waals surface area contributed by atoms with Gasteiger partial charge < -0.3 is 19.5 Å². The monoisotopic (exact) mass is 438 g/mol. The fourth-order valence-electron chi connectivity index (χ4n) is 3.45. The molecule has 1 heterocycles. The first-order valence-corrected chi connectivity index (χ1v) is 10.8. The summed E-state index contributed by atoms with van der Waals surface area (Å²) in [6.45, 7) is 7.04. The van der Waals surface area contributed by atoms with Crippen molar-refractivity contribution in [2.75, 3.05) is 32.2 Å². The average Bonchev–Trinajstić information content (AvgIpc) is 3.02. The third-order valence-corrected chi connectivity index (χ3v) is 4.97. The number of imide groups is 1. The maximum Gasteiger partial charge on any atom is 0.278 e. The predicted octanol–water partition coefficient (Wildman–Crippen LogP) is 4.10. The summed E-state index contributed by atoms with van der Waals surface area (Å²) in [6.07, 6.45) is 0.661. The van der Waals surface area contributed by atoms with Crippen LogP contribution in [0.4, 0.5) is 5.69 Å². The SMILES string of the molecule is CCOc1ccccc1NC1=C(c2ccc(OC)cc2)C(=O)N(CCCOC(C)C)C1=O. The number of hydrogen-bond donors (Lipinski definition) is 1. The number of anilines is 1. The molecule has 0 fully saturated rings. The lowest BCUT2D eigenvalue weighted by molar-refractivity contribution is -0.137. The Hall–Kier alpha value is -3.32. The quantitative estimate of drug-likeness (QED) is 0.420. The van der Waals surface area contributed by atoms with Crippen LogP contribution < -0.4 is 14.8 Å². The minimum absolute atomic E-state index is 0.0975. The summed E-state index contributed by atoms with van der Waals surface area (Å²) in [5.74, 6) is 0.586. The zero-order valence-corrected chi connectivity index (χ0v) is 19.0. The van der Waals surface area contributed by atoms with E-state index in [-0.39, 0.29) is 30.2 Å². The molecule has 1 N–H and O–H groups in total. The van der Waals surface area contributed by atoms with Gasteiger partial charge in [-0.05, 0) is 57.0 Å². The number of carbonyl (C=O) groups is 2. The highest BCUT2D eigenvalue weighted by Gasteiger charge is 2.39. The molecule has 2 aromatic carbocycles. The van der Waals surface area contributed by atoms with Crippen LogP contribution in [0.25, 0.3) is 5.57 Å². The molecule has 1 aliphatic rings. The number of para-hydroxylation sites is 2. The number of nitrogens with one attached hydrogen (secondary N) is 1. The van der Waals surface area contributed by atoms with Gasteiger partial charge in [-0.1, -0.05) is 24.3 Å². The van der Waals surface area contributed by atoms with Crippen molar-refractivity contribution in [3.8, 4) is 11.5 Å². The molecular weight excluding hydrogens is 408 g/mol. The van der Waals surface area contributed by atoms with E-state index < -0.39 is 0 Å². The van der Waals surface area contributed by atoms with E-state index in [0.717, 1.165) is 0 Å². The van der Waals surface area contributed by atoms with E-state index in [1.54, 1.807) is 31.4 Å². The zero-order valence-electron chi connectivity index (χ0n) is 19.0. The fourth-order valence-corrected chi connectivity index (χ4v) is 3.45. The van der Waals surface area contributed by atoms with E-state index in [4.69, 9.17) is 14.2 Å². The van der Waals surface area contributed by atoms with Gasteiger partial charge in [0.05, 0.1) is 31.1 Å². The van der Waals surface area contributed by atoms with Crippen molar-refractivity contribution in [1.29, 1.82) is 0 Å². The predicted molar refractivity (Wildman–Crippen MR) is 124 cm³/mol. The lowest BCUT2D eigenvalue weighted by Gasteiger charge is -2.16. The Morgan fingerprint density at radius 2 is 1.72 bits per heavy atom. The highest BCUT2D eigenvalue weighted by atomic mass is 16.5. The first kappa shape index (κ1) is 23.3. The van der Waals surface area contributed by atoms with Gasteiger partial charge in [-0.25, -0.2) is 0 Å². The molecule has 170 valence electrons. The molecule has 0 bridgehead atoms. The summed E-state index contributed by atoms with van der Waals surface area (Å²) in [7, 11) is 1.58. The zero-order chi connectivity index (χ0) is 23.1. The number of benzene rings is 2. The van der Waals surface area contributed by atoms with E-state index in [1.165, 1.54) is 4.90 Å². The Morgan fingerprint density at radius 1 is 1.00 bits per heavy atom. The van der Waals surface area contributed by atoms with Gasteiger partial charge in [0.1, 0.15) is 17.2 Å². The Bertz CT molecular complexity index is 982. The molecule has 0 spiro atoms. The molecule has 3 rings (SSSR count). The van der Waals surface area contributed by atoms with Crippen LogP contribution in [0, 0.1) is 0 Å². The number of nitrogens with zero attached hydrogens (tertiary/aromatic N) is 1. The molecule has 32 heavy (non-hydrogen) atoms. The van der Waals surface area contributed by atoms with Gasteiger partial charge in [-0.15, -0.1) is 0 Å². The largest absolute Gasteiger partial charge is 0.497 e. The van der Waals surface area contributed by atoms with Crippen molar-refractivity contribution < 1.29 is 23.8 Å². The van der Waals surface area contributed by atoms with Gasteiger partial charge >= 0.3 is 0 Å². The molecule has 1 aliphatic heterocycles. The Morgan fingerprint density at radius 3 is 2.38 bits per heavy atom. The van der Waals surface area contributed by atoms with E-state index in [9.17, 15) is 9.59 Å². The molecule has 0 saturated heterocycles. The molecule has 0 aliphatic carbocycles. The second-order valence-electron chi connectivity index (χ2n) is 7.57. The Balaban J connectivity index is 1.94. The van der Waals surface area contributed by atoms with Crippen LogP contribution in [0.15, 0.2) is 54.2 Å². The fraction of sp³-hybridized carbons (Fsp3) is 0.360. The van der Waals surface area contributed by atoms with Gasteiger partial charge in [-0.3, -0.25) is 14.5 Å². The summed E-state index contributed by atoms with van der Waals surface area (Å²) in [5, 5.41) is 3.17. The van der Waals surface area contributed by atoms with Crippen LogP contribution in [0.2, 0.25) is 0 Å². The van der Waals surface area contributed by atoms with Crippen molar-refractivity contribution in [2.45, 2.75) is 33.3 Å². The van der Waals surface area contributed by atoms with Crippen molar-refractivity contribution in [3.63, 3.8) is 0 Å². The Labute approximate surface area is 189 Å². The standard InChI is InChI=1S/C25H30N2O5/c1-5-31-21-10-7-6-9-20(21)26-23-22(18-11-13-19(30-4)14-12-18)24(28)27(25(23)29)15-8-16-32-17(2)3/h6-7,9-14,17,26H,5,8,15-16H2,1-4H3. The van der Waals surface area contributed by atoms with E-state index in [0.29, 0.717) is 48.0 Å². The second kappa shape index (κ2) is 10.8. The molecule has 7 nitrogen and oxygen atoms in total. The number of hydrogen-bond acceptors (Lipinski definition) is 6. The van der Waals surface area contributed by atoms with Gasteiger partial charge in [0.15, 0.2) is 0 Å². The van der Waals surface area contributed by atoms with E-state index in [1.807, 2.05) is 45.0 Å². The van der Waals surface area contributed by atoms with Gasteiger partial charge in [-0.2, -0.15) is 0 Å². The van der Waals surface area contributed by atoms with Gasteiger partial charge in [0.25, 0.3) is 11.8 Å². The van der Waals surface area contributed by atoms with Crippen LogP contribution in [0.5, 0.6) is 11.5 Å². The molecule has 0 unspecified atom stereocenters. The molecule has 2 amide bonds. The van der Waals surface area contributed by atoms with Crippen LogP contribution in [-0.4, -0.2) is 49.7 Å². The van der Waals surface area contributed by atoms with Crippen molar-refractivity contribution in [1.82, 2.24) is 4.90 Å². The summed E-state index contributed by atoms with van der Waals surface area (Å²) in [5.41, 5.74) is 1.83. The highest BCUT2D eigenvalue weighted by Crippen LogP contribution is 2.34. The summed E-state index contributed by atoms with van der Waals surface area (Å²) >= 11 is 0. The van der Waals surface area contributed by atoms with E-state index in [2.05, 4.69) is 5.32 Å². The lowest BCUT2D eigenvalue weighted by atomic mass is 10.0. The minimum atomic E-state index is -0.364. The summed E-state index contributed by atoms with van der Waals surface area (Å²) < 4.78 is 16.5. The molecule has 0 atom stereocenters. The first-order chi connectivity index (χ1) is 15.5. The summed E-state index contributed by atoms with van der Waals surface area (Å²) in [4.78, 5) is 27.9. The maximum atomic E-state index is 13.3. The van der Waals surface area contributed by atoms with E-state index >= 15 is 0 Å². The van der Waals surface area contributed by atoms with Gasteiger partial charge in [0, 0.05) is 13.2 Å². The molecule has 2 aromatic rings. The number of amides is 2. The normalized spacial score (nSPS) is 13.8. The maximum absolute atomic E-state index is 13.3. The minimum Gasteiger partial charge on any atom is -0.497 e. The van der Waals surface area contributed by atoms with Crippen LogP contribution in [0.3, 0.4) is 0 Å². The van der Waals surface area contributed by atoms with Crippen LogP contribution in [-0.2, 0) is 14.3 Å². The van der Waals surface area contributed by atoms with Gasteiger partial charge in [0.2, 0.25) is 0 Å². The average molecular weight is 439 g/mol. The third-order valence-electron chi connectivity index (χ3n) is 4.97. The van der Waals surface area contributed by atoms with Crippen LogP contribution >= 0.6 is 0 Å². The first-order valence-electron chi connectivity index (χ1n) is 10.8. The number of carbonyl (C=O) groups excluding carboxylic acids is 2. The highest BCUT2D eigenvalue weighted by molar-refractivity contribution is 6.36. The topological polar surface area (TPSA) is 77.1 Å². The lowest BCUT2D eigenvalue weighted by Crippen LogP contribution is -2.34. The summed E-state index contributed by atoms with van der Waals surface area (Å²) in [6, 6.07) is 14.4. The van der Waals surface area contributed by atoms with Crippen molar-refractivity contribution in [3.05, 3.63) is 59.8 Å². The van der Waals surface area contributed by atoms with Crippen molar-refractivity contribution >= 4 is 23.1 Å². The molecule has 0 aromatic heterocycles. The second-order valence-corrected chi connectivity index (χ2v) is 7.57. The number of ether oxygens (including phenoxy) is 3.